The molecule has 0 radical (unpaired) electrons. The average molecular weight is 402 g/mol. The SMILES string of the molecule is CC(=O)CC(=O)CC(=O)CC(=O)OSOC(=O)CC(=O)CC(=O)CC(C)=O. The maximum atomic E-state index is 11.4. The van der Waals surface area contributed by atoms with Gasteiger partial charge in [-0.1, -0.05) is 0 Å². The molecule has 0 aromatic carbocycles. The summed E-state index contributed by atoms with van der Waals surface area (Å²) in [7, 11) is 0. The molecular weight excluding hydrogens is 384 g/mol. The van der Waals surface area contributed by atoms with Crippen molar-refractivity contribution in [2.75, 3.05) is 0 Å². The predicted octanol–water partition coefficient (Wildman–Crippen LogP) is 0.431. The van der Waals surface area contributed by atoms with Crippen molar-refractivity contribution >= 4 is 59.0 Å². The lowest BCUT2D eigenvalue weighted by molar-refractivity contribution is -0.138. The highest BCUT2D eigenvalue weighted by molar-refractivity contribution is 7.90. The normalized spacial score (nSPS) is 9.85. The van der Waals surface area contributed by atoms with Crippen LogP contribution < -0.4 is 0 Å². The topological polar surface area (TPSA) is 155 Å². The minimum atomic E-state index is -1.09. The van der Waals surface area contributed by atoms with E-state index in [9.17, 15) is 38.4 Å². The number of carbonyl (C=O) groups is 8. The van der Waals surface area contributed by atoms with E-state index in [4.69, 9.17) is 0 Å². The third-order valence-electron chi connectivity index (χ3n) is 2.62. The van der Waals surface area contributed by atoms with E-state index in [1.54, 1.807) is 0 Å². The second-order valence-corrected chi connectivity index (χ2v) is 6.07. The molecule has 0 saturated heterocycles. The van der Waals surface area contributed by atoms with Crippen LogP contribution in [0.25, 0.3) is 0 Å². The Bertz CT molecular complexity index is 608. The summed E-state index contributed by atoms with van der Waals surface area (Å²) in [5, 5.41) is 0. The molecule has 0 amide bonds. The summed E-state index contributed by atoms with van der Waals surface area (Å²) < 4.78 is 8.75. The van der Waals surface area contributed by atoms with Crippen LogP contribution in [0, 0.1) is 0 Å². The largest absolute Gasteiger partial charge is 0.354 e. The van der Waals surface area contributed by atoms with Crippen LogP contribution in [0.3, 0.4) is 0 Å². The molecule has 10 nitrogen and oxygen atoms in total. The molecular formula is C16H18O10S. The number of carbonyl (C=O) groups excluding carboxylic acids is 8. The van der Waals surface area contributed by atoms with Crippen LogP contribution in [0.1, 0.15) is 52.4 Å². The molecule has 0 atom stereocenters. The van der Waals surface area contributed by atoms with Gasteiger partial charge in [0, 0.05) is 0 Å². The van der Waals surface area contributed by atoms with E-state index in [1.165, 1.54) is 13.8 Å². The zero-order valence-corrected chi connectivity index (χ0v) is 15.5. The van der Waals surface area contributed by atoms with Gasteiger partial charge in [0.05, 0.1) is 25.7 Å². The van der Waals surface area contributed by atoms with Crippen LogP contribution in [0.5, 0.6) is 0 Å². The van der Waals surface area contributed by atoms with Crippen LogP contribution in [0.15, 0.2) is 0 Å². The molecule has 0 aromatic rings. The second kappa shape index (κ2) is 12.6. The van der Waals surface area contributed by atoms with Gasteiger partial charge in [-0.2, -0.15) is 0 Å². The quantitative estimate of drug-likeness (QED) is 0.293. The van der Waals surface area contributed by atoms with Crippen molar-refractivity contribution in [3.8, 4) is 0 Å². The standard InChI is InChI=1S/C16H18O10S/c1-9(17)3-11(19)5-13(21)7-15(23)25-27-26-16(24)8-14(22)6-12(20)4-10(2)18/h3-8H2,1-2H3. The molecule has 0 saturated carbocycles. The van der Waals surface area contributed by atoms with Crippen LogP contribution in [0.4, 0.5) is 0 Å². The maximum absolute atomic E-state index is 11.4. The van der Waals surface area contributed by atoms with Crippen molar-refractivity contribution in [2.24, 2.45) is 0 Å². The summed E-state index contributed by atoms with van der Waals surface area (Å²) in [4.78, 5) is 89.4. The van der Waals surface area contributed by atoms with Gasteiger partial charge >= 0.3 is 11.9 Å². The molecule has 0 fully saturated rings. The van der Waals surface area contributed by atoms with Crippen molar-refractivity contribution in [1.29, 1.82) is 0 Å². The Kier molecular flexibility index (Phi) is 11.4. The third-order valence-corrected chi connectivity index (χ3v) is 3.13. The van der Waals surface area contributed by atoms with E-state index in [0.29, 0.717) is 0 Å². The molecule has 148 valence electrons. The predicted molar refractivity (Wildman–Crippen MR) is 88.9 cm³/mol. The van der Waals surface area contributed by atoms with E-state index >= 15 is 0 Å². The van der Waals surface area contributed by atoms with Crippen molar-refractivity contribution in [3.05, 3.63) is 0 Å². The Morgan fingerprint density at radius 2 is 0.815 bits per heavy atom. The fourth-order valence-corrected chi connectivity index (χ4v) is 2.02. The Labute approximate surface area is 158 Å². The lowest BCUT2D eigenvalue weighted by Gasteiger charge is -2.02. The lowest BCUT2D eigenvalue weighted by Crippen LogP contribution is -2.16. The van der Waals surface area contributed by atoms with Gasteiger partial charge in [-0.15, -0.1) is 0 Å². The first kappa shape index (κ1) is 24.3. The van der Waals surface area contributed by atoms with Gasteiger partial charge in [0.15, 0.2) is 11.6 Å². The van der Waals surface area contributed by atoms with Gasteiger partial charge in [0.2, 0.25) is 0 Å². The molecule has 0 unspecified atom stereocenters. The summed E-state index contributed by atoms with van der Waals surface area (Å²) in [6.45, 7) is 2.37. The highest BCUT2D eigenvalue weighted by atomic mass is 32.2. The van der Waals surface area contributed by atoms with Crippen molar-refractivity contribution < 1.29 is 46.7 Å². The molecule has 0 heterocycles. The van der Waals surface area contributed by atoms with Crippen LogP contribution in [-0.2, 0) is 46.7 Å². The highest BCUT2D eigenvalue weighted by Crippen LogP contribution is 2.10. The van der Waals surface area contributed by atoms with Crippen LogP contribution in [0.2, 0.25) is 0 Å². The minimum Gasteiger partial charge on any atom is -0.354 e. The zero-order chi connectivity index (χ0) is 21.0. The summed E-state index contributed by atoms with van der Waals surface area (Å²) in [6, 6.07) is 0. The average Bonchev–Trinajstić information content (AvgIpc) is 2.43. The van der Waals surface area contributed by atoms with Crippen LogP contribution >= 0.6 is 12.3 Å². The van der Waals surface area contributed by atoms with Gasteiger partial charge in [-0.25, -0.2) is 0 Å². The summed E-state index contributed by atoms with van der Waals surface area (Å²) in [5.41, 5.74) is 0. The maximum Gasteiger partial charge on any atom is 0.328 e. The van der Waals surface area contributed by atoms with Gasteiger partial charge in [-0.3, -0.25) is 38.4 Å². The van der Waals surface area contributed by atoms with Gasteiger partial charge in [0.25, 0.3) is 12.3 Å². The van der Waals surface area contributed by atoms with Gasteiger partial charge < -0.3 is 8.37 Å². The zero-order valence-electron chi connectivity index (χ0n) is 14.7. The monoisotopic (exact) mass is 402 g/mol. The van der Waals surface area contributed by atoms with Gasteiger partial charge in [-0.05, 0) is 13.8 Å². The molecule has 0 rings (SSSR count). The Morgan fingerprint density at radius 3 is 1.11 bits per heavy atom. The fourth-order valence-electron chi connectivity index (χ4n) is 1.72. The van der Waals surface area contributed by atoms with E-state index in [2.05, 4.69) is 8.37 Å². The first-order valence-corrected chi connectivity index (χ1v) is 8.28. The molecule has 0 aromatic heterocycles. The Hall–Kier alpha value is -2.69. The van der Waals surface area contributed by atoms with Crippen LogP contribution in [-0.4, -0.2) is 46.6 Å². The minimum absolute atomic E-state index is 0.0691. The molecule has 0 spiro atoms. The smallest absolute Gasteiger partial charge is 0.328 e. The molecule has 0 aliphatic heterocycles. The number of hydrogen-bond acceptors (Lipinski definition) is 11. The summed E-state index contributed by atoms with van der Waals surface area (Å²) in [6.07, 6.45) is -3.52. The number of Topliss-reactive ketones (excluding diaryl/α,β-unsaturated/α-hetero) is 6. The molecule has 27 heavy (non-hydrogen) atoms. The third kappa shape index (κ3) is 14.2. The molecule has 0 aliphatic rings. The molecule has 0 bridgehead atoms. The van der Waals surface area contributed by atoms with Gasteiger partial charge in [0.1, 0.15) is 36.0 Å². The Morgan fingerprint density at radius 1 is 0.519 bits per heavy atom. The number of hydrogen-bond donors (Lipinski definition) is 0. The van der Waals surface area contributed by atoms with Crippen molar-refractivity contribution in [2.45, 2.75) is 52.4 Å². The molecule has 0 aliphatic carbocycles. The molecule has 11 heteroatoms. The first-order chi connectivity index (χ1) is 12.5. The van der Waals surface area contributed by atoms with Crippen molar-refractivity contribution in [3.63, 3.8) is 0 Å². The van der Waals surface area contributed by atoms with E-state index < -0.39 is 85.2 Å². The summed E-state index contributed by atoms with van der Waals surface area (Å²) >= 11 is -0.0691. The number of rotatable bonds is 14. The van der Waals surface area contributed by atoms with Crippen molar-refractivity contribution in [1.82, 2.24) is 0 Å². The number of ketones is 6. The second-order valence-electron chi connectivity index (χ2n) is 5.60. The van der Waals surface area contributed by atoms with E-state index in [1.807, 2.05) is 0 Å². The lowest BCUT2D eigenvalue weighted by atomic mass is 10.1. The molecule has 0 N–H and O–H groups in total. The fraction of sp³-hybridized carbons (Fsp3) is 0.500. The van der Waals surface area contributed by atoms with E-state index in [-0.39, 0.29) is 12.3 Å². The van der Waals surface area contributed by atoms with E-state index in [0.717, 1.165) is 0 Å². The first-order valence-electron chi connectivity index (χ1n) is 7.62. The highest BCUT2D eigenvalue weighted by Gasteiger charge is 2.19. The summed E-state index contributed by atoms with van der Waals surface area (Å²) in [5.74, 6) is -5.78. The Balaban J connectivity index is 4.04.